The smallest absolute Gasteiger partial charge is 0.223 e. The van der Waals surface area contributed by atoms with Gasteiger partial charge in [-0.05, 0) is 51.5 Å². The first-order valence-corrected chi connectivity index (χ1v) is 15.2. The third kappa shape index (κ3) is 6.14. The van der Waals surface area contributed by atoms with Crippen molar-refractivity contribution in [2.24, 2.45) is 10.7 Å². The van der Waals surface area contributed by atoms with E-state index in [1.165, 1.54) is 4.88 Å². The van der Waals surface area contributed by atoms with E-state index in [-0.39, 0.29) is 18.9 Å². The zero-order valence-corrected chi connectivity index (χ0v) is 25.7. The fourth-order valence-corrected chi connectivity index (χ4v) is 6.74. The average molecular weight is 601 g/mol. The van der Waals surface area contributed by atoms with Crippen molar-refractivity contribution in [1.29, 1.82) is 0 Å². The molecular weight excluding hydrogens is 572 g/mol. The first-order chi connectivity index (χ1) is 19.8. The van der Waals surface area contributed by atoms with Gasteiger partial charge in [-0.3, -0.25) is 14.4 Å². The Morgan fingerprint density at radius 1 is 1.07 bits per heavy atom. The van der Waals surface area contributed by atoms with Crippen LogP contribution in [0.25, 0.3) is 5.00 Å². The molecule has 0 radical (unpaired) electrons. The summed E-state index contributed by atoms with van der Waals surface area (Å²) in [5, 5.41) is 13.4. The molecule has 1 aliphatic heterocycles. The number of nitrogens with zero attached hydrogens (tertiary/aromatic N) is 4. The van der Waals surface area contributed by atoms with Gasteiger partial charge in [-0.15, -0.1) is 32.9 Å². The normalized spacial score (nSPS) is 13.6. The quantitative estimate of drug-likeness (QED) is 0.299. The minimum Gasteiger partial charge on any atom is -0.345 e. The molecule has 5 rings (SSSR count). The zero-order chi connectivity index (χ0) is 29.1. The second kappa shape index (κ2) is 12.4. The lowest BCUT2D eigenvalue weighted by atomic mass is 9.99. The van der Waals surface area contributed by atoms with Gasteiger partial charge in [0.1, 0.15) is 16.9 Å². The Bertz CT molecular complexity index is 1770. The van der Waals surface area contributed by atoms with Gasteiger partial charge in [-0.25, -0.2) is 0 Å². The molecule has 3 aromatic heterocycles. The number of amides is 1. The lowest BCUT2D eigenvalue weighted by molar-refractivity contribution is -0.121. The molecule has 0 aliphatic carbocycles. The average Bonchev–Trinajstić information content (AvgIpc) is 3.56. The molecule has 1 aliphatic rings. The molecule has 4 heterocycles. The van der Waals surface area contributed by atoms with Crippen LogP contribution in [0.5, 0.6) is 0 Å². The zero-order valence-electron chi connectivity index (χ0n) is 23.3. The van der Waals surface area contributed by atoms with Crippen LogP contribution in [-0.4, -0.2) is 39.5 Å². The first-order valence-electron chi connectivity index (χ1n) is 13.2. The summed E-state index contributed by atoms with van der Waals surface area (Å²) >= 11 is 9.46. The number of aliphatic imine (C=N–C) groups is 1. The fraction of sp³-hybridized carbons (Fsp3) is 0.290. The van der Waals surface area contributed by atoms with Crippen molar-refractivity contribution in [3.05, 3.63) is 83.9 Å². The Labute approximate surface area is 252 Å². The minimum absolute atomic E-state index is 0.114. The Morgan fingerprint density at radius 3 is 2.61 bits per heavy atom. The number of nitrogens with two attached hydrogens (primary N) is 1. The lowest BCUT2D eigenvalue weighted by Gasteiger charge is -2.12. The van der Waals surface area contributed by atoms with Gasteiger partial charge in [0.25, 0.3) is 0 Å². The van der Waals surface area contributed by atoms with E-state index >= 15 is 0 Å². The molecule has 0 unspecified atom stereocenters. The van der Waals surface area contributed by atoms with E-state index in [9.17, 15) is 4.79 Å². The standard InChI is InChI=1S/C31H29ClN6OS2/c1-18-19(2)41-31-28(18)29(22-10-12-24(32)13-11-22)35-26(30-37-36-21(4)38(30)31)17-27(39)34-15-7-9-25-16-23(20(3)40-25)8-5-6-14-33/h10-13,16,26H,6,14-15,17,33H2,1-4H3,(H,34,39)/t26-/m0/s1. The molecular formula is C31H29ClN6OS2. The monoisotopic (exact) mass is 600 g/mol. The second-order valence-electron chi connectivity index (χ2n) is 9.61. The molecule has 0 spiro atoms. The van der Waals surface area contributed by atoms with E-state index in [2.05, 4.69) is 53.0 Å². The van der Waals surface area contributed by atoms with Crippen LogP contribution in [0.2, 0.25) is 5.02 Å². The summed E-state index contributed by atoms with van der Waals surface area (Å²) in [6, 6.07) is 9.09. The molecule has 0 saturated heterocycles. The summed E-state index contributed by atoms with van der Waals surface area (Å²) in [5.41, 5.74) is 10.4. The van der Waals surface area contributed by atoms with Gasteiger partial charge in [0.05, 0.1) is 23.6 Å². The number of aryl methyl sites for hydroxylation is 3. The number of carbonyl (C=O) groups excluding carboxylic acids is 1. The Hall–Kier alpha value is -3.73. The molecule has 0 saturated carbocycles. The Balaban J connectivity index is 1.39. The summed E-state index contributed by atoms with van der Waals surface area (Å²) < 4.78 is 2.04. The number of hydrogen-bond donors (Lipinski definition) is 2. The minimum atomic E-state index is -0.524. The molecule has 4 aromatic rings. The van der Waals surface area contributed by atoms with Crippen molar-refractivity contribution in [3.63, 3.8) is 0 Å². The predicted molar refractivity (Wildman–Crippen MR) is 167 cm³/mol. The van der Waals surface area contributed by atoms with Crippen LogP contribution in [0.15, 0.2) is 35.3 Å². The van der Waals surface area contributed by atoms with Crippen LogP contribution < -0.4 is 11.1 Å². The highest BCUT2D eigenvalue weighted by atomic mass is 35.5. The van der Waals surface area contributed by atoms with Crippen molar-refractivity contribution < 1.29 is 4.79 Å². The largest absolute Gasteiger partial charge is 0.345 e. The van der Waals surface area contributed by atoms with E-state index in [4.69, 9.17) is 22.3 Å². The summed E-state index contributed by atoms with van der Waals surface area (Å²) in [6.45, 7) is 8.92. The van der Waals surface area contributed by atoms with Gasteiger partial charge in [0.2, 0.25) is 5.91 Å². The summed E-state index contributed by atoms with van der Waals surface area (Å²) in [4.78, 5) is 21.5. The van der Waals surface area contributed by atoms with E-state index in [0.29, 0.717) is 23.8 Å². The molecule has 0 bridgehead atoms. The summed E-state index contributed by atoms with van der Waals surface area (Å²) in [7, 11) is 0. The van der Waals surface area contributed by atoms with Crippen molar-refractivity contribution >= 4 is 45.9 Å². The number of hydrogen-bond acceptors (Lipinski definition) is 7. The number of aromatic nitrogens is 3. The van der Waals surface area contributed by atoms with Crippen molar-refractivity contribution in [2.45, 2.75) is 46.6 Å². The number of carbonyl (C=O) groups is 1. The van der Waals surface area contributed by atoms with Gasteiger partial charge < -0.3 is 11.1 Å². The molecule has 0 fully saturated rings. The van der Waals surface area contributed by atoms with Crippen molar-refractivity contribution in [3.8, 4) is 28.7 Å². The number of halogens is 1. The molecule has 1 amide bonds. The molecule has 7 nitrogen and oxygen atoms in total. The maximum atomic E-state index is 13.1. The molecule has 10 heteroatoms. The van der Waals surface area contributed by atoms with Crippen LogP contribution in [0, 0.1) is 51.4 Å². The van der Waals surface area contributed by atoms with Gasteiger partial charge in [0, 0.05) is 44.4 Å². The first kappa shape index (κ1) is 28.8. The molecule has 1 atom stereocenters. The maximum absolute atomic E-state index is 13.1. The van der Waals surface area contributed by atoms with Gasteiger partial charge in [-0.1, -0.05) is 47.4 Å². The van der Waals surface area contributed by atoms with Crippen LogP contribution in [0.3, 0.4) is 0 Å². The van der Waals surface area contributed by atoms with E-state index in [1.807, 2.05) is 48.7 Å². The number of thiophene rings is 2. The van der Waals surface area contributed by atoms with Gasteiger partial charge >= 0.3 is 0 Å². The number of fused-ring (bicyclic) bond motifs is 3. The highest BCUT2D eigenvalue weighted by molar-refractivity contribution is 7.15. The van der Waals surface area contributed by atoms with Crippen LogP contribution in [0.4, 0.5) is 0 Å². The molecule has 208 valence electrons. The number of rotatable bonds is 5. The Morgan fingerprint density at radius 2 is 1.85 bits per heavy atom. The van der Waals surface area contributed by atoms with Gasteiger partial charge in [-0.2, -0.15) is 0 Å². The predicted octanol–water partition coefficient (Wildman–Crippen LogP) is 5.43. The van der Waals surface area contributed by atoms with Crippen molar-refractivity contribution in [1.82, 2.24) is 20.1 Å². The van der Waals surface area contributed by atoms with Crippen LogP contribution in [-0.2, 0) is 4.79 Å². The topological polar surface area (TPSA) is 98.2 Å². The Kier molecular flexibility index (Phi) is 8.72. The lowest BCUT2D eigenvalue weighted by Crippen LogP contribution is -2.25. The maximum Gasteiger partial charge on any atom is 0.223 e. The summed E-state index contributed by atoms with van der Waals surface area (Å²) in [6.07, 6.45) is 0.779. The second-order valence-corrected chi connectivity index (χ2v) is 12.5. The van der Waals surface area contributed by atoms with E-state index in [1.54, 1.807) is 22.7 Å². The number of benzene rings is 1. The molecule has 41 heavy (non-hydrogen) atoms. The molecule has 3 N–H and O–H groups in total. The number of nitrogens with one attached hydrogen (secondary N) is 1. The summed E-state index contributed by atoms with van der Waals surface area (Å²) in [5.74, 6) is 13.6. The van der Waals surface area contributed by atoms with Crippen LogP contribution >= 0.6 is 34.3 Å². The third-order valence-electron chi connectivity index (χ3n) is 6.73. The van der Waals surface area contributed by atoms with Gasteiger partial charge in [0.15, 0.2) is 5.82 Å². The van der Waals surface area contributed by atoms with E-state index < -0.39 is 6.04 Å². The van der Waals surface area contributed by atoms with Crippen LogP contribution in [0.1, 0.15) is 67.4 Å². The highest BCUT2D eigenvalue weighted by Gasteiger charge is 2.32. The third-order valence-corrected chi connectivity index (χ3v) is 9.14. The SMILES string of the molecule is Cc1sc(C#CCNC(=O)C[C@@H]2N=C(c3ccc(Cl)cc3)c3c(sc(C)c3C)-n3c(C)nnc32)cc1C#CCCN. The van der Waals surface area contributed by atoms with E-state index in [0.717, 1.165) is 48.5 Å². The molecule has 1 aromatic carbocycles. The highest BCUT2D eigenvalue weighted by Crippen LogP contribution is 2.39. The van der Waals surface area contributed by atoms with Crippen molar-refractivity contribution in [2.75, 3.05) is 13.1 Å². The fourth-order valence-electron chi connectivity index (χ4n) is 4.55.